The fourth-order valence-electron chi connectivity index (χ4n) is 2.10. The number of carboxylic acids is 1. The van der Waals surface area contributed by atoms with Crippen LogP contribution in [0.5, 0.6) is 0 Å². The highest BCUT2D eigenvalue weighted by molar-refractivity contribution is 5.85. The van der Waals surface area contributed by atoms with Gasteiger partial charge in [0.1, 0.15) is 5.82 Å². The highest BCUT2D eigenvalue weighted by Gasteiger charge is 2.26. The van der Waals surface area contributed by atoms with Gasteiger partial charge in [0, 0.05) is 19.3 Å². The third kappa shape index (κ3) is 2.98. The van der Waals surface area contributed by atoms with E-state index in [0.717, 1.165) is 13.0 Å². The van der Waals surface area contributed by atoms with E-state index >= 15 is 0 Å². The number of esters is 1. The Kier molecular flexibility index (Phi) is 3.94. The van der Waals surface area contributed by atoms with E-state index in [1.807, 2.05) is 4.90 Å². The maximum Gasteiger partial charge on any atom is 0.376 e. The van der Waals surface area contributed by atoms with Crippen molar-refractivity contribution in [2.75, 3.05) is 25.1 Å². The number of aromatic nitrogens is 2. The Balaban J connectivity index is 2.17. The van der Waals surface area contributed by atoms with Gasteiger partial charge in [-0.3, -0.25) is 4.79 Å². The monoisotopic (exact) mass is 265 g/mol. The lowest BCUT2D eigenvalue weighted by Gasteiger charge is -2.31. The molecule has 1 aromatic heterocycles. The van der Waals surface area contributed by atoms with E-state index in [4.69, 9.17) is 5.11 Å². The van der Waals surface area contributed by atoms with E-state index in [1.54, 1.807) is 6.07 Å². The molecule has 2 rings (SSSR count). The van der Waals surface area contributed by atoms with Crippen molar-refractivity contribution in [1.82, 2.24) is 9.97 Å². The first kappa shape index (κ1) is 13.3. The molecule has 7 heteroatoms. The minimum Gasteiger partial charge on any atom is -0.481 e. The van der Waals surface area contributed by atoms with Crippen LogP contribution in [-0.4, -0.2) is 47.2 Å². The van der Waals surface area contributed by atoms with Gasteiger partial charge in [0.05, 0.1) is 13.0 Å². The predicted molar refractivity (Wildman–Crippen MR) is 65.9 cm³/mol. The molecule has 1 N–H and O–H groups in total. The molecule has 0 radical (unpaired) electrons. The van der Waals surface area contributed by atoms with Gasteiger partial charge in [-0.1, -0.05) is 0 Å². The number of carboxylic acid groups (broad SMARTS) is 1. The molecule has 0 aromatic carbocycles. The van der Waals surface area contributed by atoms with Crippen LogP contribution in [0.4, 0.5) is 5.82 Å². The zero-order valence-electron chi connectivity index (χ0n) is 10.6. The van der Waals surface area contributed by atoms with Gasteiger partial charge in [0.25, 0.3) is 0 Å². The number of piperidine rings is 1. The van der Waals surface area contributed by atoms with Crippen LogP contribution in [0.15, 0.2) is 12.3 Å². The summed E-state index contributed by atoms with van der Waals surface area (Å²) >= 11 is 0. The molecular formula is C12H15N3O4. The highest BCUT2D eigenvalue weighted by atomic mass is 16.5. The molecule has 1 unspecified atom stereocenters. The van der Waals surface area contributed by atoms with Crippen LogP contribution in [0.1, 0.15) is 23.5 Å². The summed E-state index contributed by atoms with van der Waals surface area (Å²) in [6.45, 7) is 1.12. The summed E-state index contributed by atoms with van der Waals surface area (Å²) in [5.74, 6) is -1.26. The van der Waals surface area contributed by atoms with Gasteiger partial charge >= 0.3 is 11.9 Å². The number of anilines is 1. The Morgan fingerprint density at radius 1 is 1.53 bits per heavy atom. The number of hydrogen-bond donors (Lipinski definition) is 1. The number of nitrogens with zero attached hydrogens (tertiary/aromatic N) is 3. The van der Waals surface area contributed by atoms with Gasteiger partial charge in [0.15, 0.2) is 0 Å². The van der Waals surface area contributed by atoms with Crippen LogP contribution < -0.4 is 4.90 Å². The van der Waals surface area contributed by atoms with Gasteiger partial charge in [-0.15, -0.1) is 0 Å². The molecule has 0 spiro atoms. The van der Waals surface area contributed by atoms with Gasteiger partial charge in [-0.25, -0.2) is 14.8 Å². The van der Waals surface area contributed by atoms with Crippen molar-refractivity contribution in [2.24, 2.45) is 5.92 Å². The van der Waals surface area contributed by atoms with Crippen molar-refractivity contribution >= 4 is 17.8 Å². The Bertz CT molecular complexity index is 492. The number of rotatable bonds is 3. The Hall–Kier alpha value is -2.18. The lowest BCUT2D eigenvalue weighted by atomic mass is 9.98. The lowest BCUT2D eigenvalue weighted by Crippen LogP contribution is -2.39. The smallest absolute Gasteiger partial charge is 0.376 e. The Morgan fingerprint density at radius 2 is 2.32 bits per heavy atom. The Labute approximate surface area is 110 Å². The first-order chi connectivity index (χ1) is 9.11. The summed E-state index contributed by atoms with van der Waals surface area (Å²) in [4.78, 5) is 32.2. The largest absolute Gasteiger partial charge is 0.481 e. The van der Waals surface area contributed by atoms with Crippen LogP contribution >= 0.6 is 0 Å². The average molecular weight is 265 g/mol. The molecule has 0 bridgehead atoms. The zero-order chi connectivity index (χ0) is 13.8. The SMILES string of the molecule is COC(=O)c1nccc(N2CCCC(C(=O)O)C2)n1. The molecule has 2 heterocycles. The summed E-state index contributed by atoms with van der Waals surface area (Å²) in [5.41, 5.74) is 0. The maximum absolute atomic E-state index is 11.4. The minimum atomic E-state index is -0.799. The number of ether oxygens (including phenoxy) is 1. The van der Waals surface area contributed by atoms with Gasteiger partial charge in [-0.2, -0.15) is 0 Å². The van der Waals surface area contributed by atoms with E-state index in [1.165, 1.54) is 13.3 Å². The van der Waals surface area contributed by atoms with Gasteiger partial charge < -0.3 is 14.7 Å². The number of methoxy groups -OCH3 is 1. The molecule has 1 aliphatic heterocycles. The summed E-state index contributed by atoms with van der Waals surface area (Å²) in [6.07, 6.45) is 2.92. The fourth-order valence-corrected chi connectivity index (χ4v) is 2.10. The van der Waals surface area contributed by atoms with E-state index in [2.05, 4.69) is 14.7 Å². The summed E-state index contributed by atoms with van der Waals surface area (Å²) in [5, 5.41) is 9.05. The standard InChI is InChI=1S/C12H15N3O4/c1-19-12(18)10-13-5-4-9(14-10)15-6-2-3-8(7-15)11(16)17/h4-5,8H,2-3,6-7H2,1H3,(H,16,17). The number of carbonyl (C=O) groups excluding carboxylic acids is 1. The quantitative estimate of drug-likeness (QED) is 0.798. The van der Waals surface area contributed by atoms with Crippen molar-refractivity contribution in [2.45, 2.75) is 12.8 Å². The van der Waals surface area contributed by atoms with Crippen molar-refractivity contribution in [1.29, 1.82) is 0 Å². The number of hydrogen-bond acceptors (Lipinski definition) is 6. The molecule has 0 amide bonds. The summed E-state index contributed by atoms with van der Waals surface area (Å²) in [7, 11) is 1.26. The molecule has 19 heavy (non-hydrogen) atoms. The average Bonchev–Trinajstić information content (AvgIpc) is 2.46. The molecule has 1 fully saturated rings. The molecule has 7 nitrogen and oxygen atoms in total. The first-order valence-corrected chi connectivity index (χ1v) is 6.01. The number of aliphatic carboxylic acids is 1. The van der Waals surface area contributed by atoms with Crippen molar-refractivity contribution in [3.05, 3.63) is 18.1 Å². The Morgan fingerprint density at radius 3 is 3.00 bits per heavy atom. The molecular weight excluding hydrogens is 250 g/mol. The summed E-state index contributed by atoms with van der Waals surface area (Å²) < 4.78 is 4.56. The second-order valence-electron chi connectivity index (χ2n) is 4.35. The van der Waals surface area contributed by atoms with Crippen LogP contribution in [0, 0.1) is 5.92 Å². The van der Waals surface area contributed by atoms with Crippen molar-refractivity contribution in [3.8, 4) is 0 Å². The molecule has 0 aliphatic carbocycles. The third-order valence-corrected chi connectivity index (χ3v) is 3.10. The second kappa shape index (κ2) is 5.64. The van der Waals surface area contributed by atoms with E-state index in [9.17, 15) is 9.59 Å². The molecule has 102 valence electrons. The normalized spacial score (nSPS) is 19.0. The third-order valence-electron chi connectivity index (χ3n) is 3.10. The van der Waals surface area contributed by atoms with Crippen molar-refractivity contribution < 1.29 is 19.4 Å². The first-order valence-electron chi connectivity index (χ1n) is 6.01. The maximum atomic E-state index is 11.4. The molecule has 1 atom stereocenters. The fraction of sp³-hybridized carbons (Fsp3) is 0.500. The van der Waals surface area contributed by atoms with E-state index in [0.29, 0.717) is 18.8 Å². The van der Waals surface area contributed by atoms with E-state index in [-0.39, 0.29) is 5.82 Å². The highest BCUT2D eigenvalue weighted by Crippen LogP contribution is 2.21. The zero-order valence-corrected chi connectivity index (χ0v) is 10.6. The number of carbonyl (C=O) groups is 2. The summed E-state index contributed by atoms with van der Waals surface area (Å²) in [6, 6.07) is 1.66. The van der Waals surface area contributed by atoms with Crippen LogP contribution in [0.25, 0.3) is 0 Å². The topological polar surface area (TPSA) is 92.6 Å². The van der Waals surface area contributed by atoms with Crippen LogP contribution in [0.3, 0.4) is 0 Å². The van der Waals surface area contributed by atoms with Crippen molar-refractivity contribution in [3.63, 3.8) is 0 Å². The second-order valence-corrected chi connectivity index (χ2v) is 4.35. The van der Waals surface area contributed by atoms with E-state index < -0.39 is 17.9 Å². The predicted octanol–water partition coefficient (Wildman–Crippen LogP) is 0.564. The van der Waals surface area contributed by atoms with Gasteiger partial charge in [-0.05, 0) is 18.9 Å². The minimum absolute atomic E-state index is 0.0163. The van der Waals surface area contributed by atoms with Gasteiger partial charge in [0.2, 0.25) is 5.82 Å². The van der Waals surface area contributed by atoms with Crippen LogP contribution in [0.2, 0.25) is 0 Å². The van der Waals surface area contributed by atoms with Crippen LogP contribution in [-0.2, 0) is 9.53 Å². The molecule has 1 saturated heterocycles. The molecule has 0 saturated carbocycles. The lowest BCUT2D eigenvalue weighted by molar-refractivity contribution is -0.141. The molecule has 1 aromatic rings. The molecule has 1 aliphatic rings.